The van der Waals surface area contributed by atoms with Gasteiger partial charge in [0.05, 0.1) is 25.6 Å². The molecular weight excluding hydrogens is 491 g/mol. The fourth-order valence-electron chi connectivity index (χ4n) is 2.93. The molecule has 0 amide bonds. The molecule has 2 N–H and O–H groups in total. The first-order valence-electron chi connectivity index (χ1n) is 8.76. The predicted octanol–water partition coefficient (Wildman–Crippen LogP) is 0.860. The minimum atomic E-state index is -0.163. The molecule has 1 aliphatic rings. The lowest BCUT2D eigenvalue weighted by Crippen LogP contribution is -2.15. The molecule has 4 aromatic rings. The third-order valence-electron chi connectivity index (χ3n) is 4.24. The Morgan fingerprint density at radius 1 is 1.00 bits per heavy atom. The molecule has 0 aliphatic carbocycles. The summed E-state index contributed by atoms with van der Waals surface area (Å²) in [6.07, 6.45) is 5.84. The van der Waals surface area contributed by atoms with Crippen LogP contribution in [-0.4, -0.2) is 52.4 Å². The number of nitrogens with one attached hydrogen (secondary N) is 2. The molecule has 0 unspecified atom stereocenters. The van der Waals surface area contributed by atoms with Crippen LogP contribution in [0.5, 0.6) is 0 Å². The molecule has 29 heavy (non-hydrogen) atoms. The number of rotatable bonds is 1. The highest BCUT2D eigenvalue weighted by atomic mass is 127. The molecule has 12 heteroatoms. The Morgan fingerprint density at radius 3 is 2.28 bits per heavy atom. The Hall–Kier alpha value is -2.87. The molecule has 0 saturated carbocycles. The maximum atomic E-state index is 11.7. The summed E-state index contributed by atoms with van der Waals surface area (Å²) in [5.41, 5.74) is 1.71. The van der Waals surface area contributed by atoms with Gasteiger partial charge >= 0.3 is 0 Å². The van der Waals surface area contributed by atoms with Crippen LogP contribution < -0.4 is 11.1 Å². The van der Waals surface area contributed by atoms with Crippen molar-refractivity contribution in [2.24, 2.45) is 0 Å². The molecule has 1 aliphatic heterocycles. The van der Waals surface area contributed by atoms with Crippen LogP contribution >= 0.6 is 22.6 Å². The fraction of sp³-hybridized carbons (Fsp3) is 0.294. The smallest absolute Gasteiger partial charge is 0.276 e. The van der Waals surface area contributed by atoms with Gasteiger partial charge in [0, 0.05) is 22.6 Å². The molecule has 11 nitrogen and oxygen atoms in total. The molecule has 0 fully saturated rings. The quantitative estimate of drug-likeness (QED) is 0.364. The number of hydrogen-bond donors (Lipinski definition) is 2. The number of fused-ring (bicyclic) bond motifs is 2. The maximum absolute atomic E-state index is 11.7. The van der Waals surface area contributed by atoms with E-state index in [1.165, 1.54) is 10.7 Å². The number of H-pyrrole nitrogens is 2. The van der Waals surface area contributed by atoms with Crippen molar-refractivity contribution in [2.45, 2.75) is 20.3 Å². The van der Waals surface area contributed by atoms with Crippen LogP contribution in [0.15, 0.2) is 28.1 Å². The summed E-state index contributed by atoms with van der Waals surface area (Å²) in [6, 6.07) is 0. The SMILES string of the molecule is Cc1nn2c(C3=CCOCC3)ncc2c(=O)[nH]1.Cc1nn2c(I)ncc2c(=O)[nH]1. The molecule has 5 rings (SSSR count). The number of hydrogen-bond acceptors (Lipinski definition) is 7. The standard InChI is InChI=1S/C11H12N4O2.C6H5IN4O/c1-7-13-11(16)9-6-12-10(15(9)14-7)8-2-4-17-5-3-8;1-3-9-5(12)4-2-8-6(7)11(4)10-3/h2,6H,3-5H2,1H3,(H,13,14,16);2H,1H3,(H,9,10,12). The normalized spacial score (nSPS) is 14.0. The summed E-state index contributed by atoms with van der Waals surface area (Å²) in [7, 11) is 0. The van der Waals surface area contributed by atoms with Crippen LogP contribution in [-0.2, 0) is 4.74 Å². The van der Waals surface area contributed by atoms with E-state index in [2.05, 4.69) is 30.1 Å². The molecule has 5 heterocycles. The summed E-state index contributed by atoms with van der Waals surface area (Å²) in [5.74, 6) is 1.90. The number of imidazole rings is 2. The van der Waals surface area contributed by atoms with E-state index in [0.717, 1.165) is 17.8 Å². The maximum Gasteiger partial charge on any atom is 0.276 e. The van der Waals surface area contributed by atoms with Crippen molar-refractivity contribution in [1.29, 1.82) is 0 Å². The third-order valence-corrected chi connectivity index (χ3v) is 4.97. The van der Waals surface area contributed by atoms with Crippen LogP contribution in [0.4, 0.5) is 0 Å². The zero-order valence-corrected chi connectivity index (χ0v) is 17.8. The van der Waals surface area contributed by atoms with E-state index in [0.29, 0.717) is 39.7 Å². The lowest BCUT2D eigenvalue weighted by atomic mass is 10.1. The molecule has 0 atom stereocenters. The van der Waals surface area contributed by atoms with Crippen molar-refractivity contribution < 1.29 is 4.74 Å². The van der Waals surface area contributed by atoms with E-state index in [1.54, 1.807) is 24.6 Å². The van der Waals surface area contributed by atoms with Gasteiger partial charge < -0.3 is 14.7 Å². The van der Waals surface area contributed by atoms with Gasteiger partial charge in [0.25, 0.3) is 11.1 Å². The van der Waals surface area contributed by atoms with Crippen LogP contribution in [0.25, 0.3) is 16.6 Å². The van der Waals surface area contributed by atoms with Crippen LogP contribution in [0, 0.1) is 17.7 Å². The van der Waals surface area contributed by atoms with Crippen LogP contribution in [0.1, 0.15) is 23.9 Å². The molecule has 0 saturated heterocycles. The van der Waals surface area contributed by atoms with Gasteiger partial charge in [0.1, 0.15) is 11.6 Å². The summed E-state index contributed by atoms with van der Waals surface area (Å²) in [6.45, 7) is 4.76. The highest BCUT2D eigenvalue weighted by molar-refractivity contribution is 14.1. The number of aromatic amines is 2. The zero-order chi connectivity index (χ0) is 20.5. The minimum Gasteiger partial charge on any atom is -0.377 e. The Bertz CT molecular complexity index is 1350. The molecule has 0 radical (unpaired) electrons. The van der Waals surface area contributed by atoms with E-state index in [9.17, 15) is 9.59 Å². The van der Waals surface area contributed by atoms with Crippen molar-refractivity contribution in [1.82, 2.24) is 39.2 Å². The molecule has 0 aromatic carbocycles. The first-order chi connectivity index (χ1) is 13.9. The fourth-order valence-corrected chi connectivity index (χ4v) is 3.44. The summed E-state index contributed by atoms with van der Waals surface area (Å²) < 4.78 is 9.07. The van der Waals surface area contributed by atoms with E-state index in [4.69, 9.17) is 4.74 Å². The number of halogens is 1. The topological polar surface area (TPSA) is 135 Å². The van der Waals surface area contributed by atoms with Crippen molar-refractivity contribution in [2.75, 3.05) is 13.2 Å². The number of ether oxygens (including phenoxy) is 1. The summed E-state index contributed by atoms with van der Waals surface area (Å²) >= 11 is 2.02. The van der Waals surface area contributed by atoms with Gasteiger partial charge in [-0.25, -0.2) is 19.0 Å². The van der Waals surface area contributed by atoms with E-state index < -0.39 is 0 Å². The molecule has 0 bridgehead atoms. The van der Waals surface area contributed by atoms with Gasteiger partial charge in [-0.3, -0.25) is 9.59 Å². The average molecular weight is 508 g/mol. The average Bonchev–Trinajstić information content (AvgIpc) is 3.27. The highest BCUT2D eigenvalue weighted by Crippen LogP contribution is 2.19. The lowest BCUT2D eigenvalue weighted by molar-refractivity contribution is 0.161. The van der Waals surface area contributed by atoms with Gasteiger partial charge in [0.15, 0.2) is 20.7 Å². The van der Waals surface area contributed by atoms with Gasteiger partial charge in [0.2, 0.25) is 0 Å². The Balaban J connectivity index is 0.000000150. The van der Waals surface area contributed by atoms with Gasteiger partial charge in [-0.05, 0) is 25.8 Å². The largest absolute Gasteiger partial charge is 0.377 e. The minimum absolute atomic E-state index is 0.155. The molecular formula is C17H17IN8O3. The van der Waals surface area contributed by atoms with Crippen molar-refractivity contribution in [3.05, 3.63) is 60.5 Å². The third kappa shape index (κ3) is 3.85. The summed E-state index contributed by atoms with van der Waals surface area (Å²) in [4.78, 5) is 36.4. The molecule has 150 valence electrons. The van der Waals surface area contributed by atoms with Gasteiger partial charge in [-0.1, -0.05) is 6.08 Å². The van der Waals surface area contributed by atoms with Crippen molar-refractivity contribution in [3.63, 3.8) is 0 Å². The highest BCUT2D eigenvalue weighted by Gasteiger charge is 2.14. The van der Waals surface area contributed by atoms with Crippen LogP contribution in [0.2, 0.25) is 0 Å². The predicted molar refractivity (Wildman–Crippen MR) is 113 cm³/mol. The van der Waals surface area contributed by atoms with Gasteiger partial charge in [-0.2, -0.15) is 10.2 Å². The second kappa shape index (κ2) is 7.87. The molecule has 4 aromatic heterocycles. The second-order valence-corrected chi connectivity index (χ2v) is 7.30. The Kier molecular flexibility index (Phi) is 5.27. The van der Waals surface area contributed by atoms with Crippen molar-refractivity contribution in [3.8, 4) is 0 Å². The van der Waals surface area contributed by atoms with Crippen LogP contribution in [0.3, 0.4) is 0 Å². The first kappa shape index (κ1) is 19.4. The lowest BCUT2D eigenvalue weighted by Gasteiger charge is -2.11. The number of aryl methyl sites for hydroxylation is 2. The van der Waals surface area contributed by atoms with Crippen molar-refractivity contribution >= 4 is 39.2 Å². The Morgan fingerprint density at radius 2 is 1.62 bits per heavy atom. The van der Waals surface area contributed by atoms with E-state index >= 15 is 0 Å². The second-order valence-electron chi connectivity index (χ2n) is 6.34. The number of nitrogens with zero attached hydrogens (tertiary/aromatic N) is 6. The van der Waals surface area contributed by atoms with E-state index in [-0.39, 0.29) is 11.1 Å². The Labute approximate surface area is 177 Å². The van der Waals surface area contributed by atoms with Gasteiger partial charge in [-0.15, -0.1) is 0 Å². The number of aromatic nitrogens is 8. The summed E-state index contributed by atoms with van der Waals surface area (Å²) in [5, 5.41) is 8.38. The zero-order valence-electron chi connectivity index (χ0n) is 15.6. The molecule has 0 spiro atoms. The first-order valence-corrected chi connectivity index (χ1v) is 9.84. The monoisotopic (exact) mass is 508 g/mol. The van der Waals surface area contributed by atoms with E-state index in [1.807, 2.05) is 28.7 Å².